The fourth-order valence-electron chi connectivity index (χ4n) is 1.42. The summed E-state index contributed by atoms with van der Waals surface area (Å²) >= 11 is 0. The van der Waals surface area contributed by atoms with Crippen LogP contribution in [0.1, 0.15) is 5.56 Å². The highest BCUT2D eigenvalue weighted by Gasteiger charge is 2.11. The zero-order chi connectivity index (χ0) is 15.2. The molecule has 0 bridgehead atoms. The third-order valence-corrected chi connectivity index (χ3v) is 3.82. The van der Waals surface area contributed by atoms with E-state index in [4.69, 9.17) is 5.73 Å². The number of sulfonamides is 1. The number of hydrogen-bond acceptors (Lipinski definition) is 4. The Hall–Kier alpha value is -1.80. The first-order valence-electron chi connectivity index (χ1n) is 6.07. The van der Waals surface area contributed by atoms with E-state index in [1.165, 1.54) is 4.90 Å². The molecular formula is C12H20N4O3S. The first kappa shape index (κ1) is 16.3. The number of nitrogens with two attached hydrogens (primary N) is 1. The van der Waals surface area contributed by atoms with Crippen molar-refractivity contribution in [3.8, 4) is 0 Å². The Balaban J connectivity index is 2.38. The topological polar surface area (TPSA) is 105 Å². The van der Waals surface area contributed by atoms with E-state index in [2.05, 4.69) is 10.0 Å². The van der Waals surface area contributed by atoms with Crippen LogP contribution in [0.25, 0.3) is 0 Å². The number of hydrogen-bond donors (Lipinski definition) is 3. The van der Waals surface area contributed by atoms with E-state index in [1.54, 1.807) is 38.4 Å². The molecule has 0 fully saturated rings. The Morgan fingerprint density at radius 3 is 2.35 bits per heavy atom. The van der Waals surface area contributed by atoms with Crippen molar-refractivity contribution in [3.63, 3.8) is 0 Å². The van der Waals surface area contributed by atoms with Gasteiger partial charge in [0.15, 0.2) is 0 Å². The third kappa shape index (κ3) is 5.89. The molecule has 0 aromatic heterocycles. The minimum atomic E-state index is -3.42. The van der Waals surface area contributed by atoms with Crippen LogP contribution in [0.2, 0.25) is 0 Å². The lowest BCUT2D eigenvalue weighted by molar-refractivity contribution is 0.217. The summed E-state index contributed by atoms with van der Waals surface area (Å²) in [4.78, 5) is 12.6. The lowest BCUT2D eigenvalue weighted by Gasteiger charge is -2.12. The zero-order valence-electron chi connectivity index (χ0n) is 11.6. The summed E-state index contributed by atoms with van der Waals surface area (Å²) in [5.74, 6) is -0.116. The second-order valence-electron chi connectivity index (χ2n) is 4.52. The molecule has 0 saturated heterocycles. The van der Waals surface area contributed by atoms with Crippen molar-refractivity contribution < 1.29 is 13.2 Å². The maximum absolute atomic E-state index is 11.8. The second kappa shape index (κ2) is 7.11. The number of nitrogens with zero attached hydrogens (tertiary/aromatic N) is 1. The van der Waals surface area contributed by atoms with Crippen LogP contribution in [-0.2, 0) is 15.8 Å². The number of urea groups is 1. The molecule has 1 aromatic carbocycles. The van der Waals surface area contributed by atoms with Crippen LogP contribution in [0.15, 0.2) is 24.3 Å². The molecule has 0 unspecified atom stereocenters. The molecule has 0 spiro atoms. The molecule has 7 nitrogen and oxygen atoms in total. The molecule has 0 heterocycles. The Kier molecular flexibility index (Phi) is 5.78. The maximum atomic E-state index is 11.8. The van der Waals surface area contributed by atoms with E-state index in [-0.39, 0.29) is 24.9 Å². The van der Waals surface area contributed by atoms with E-state index in [0.717, 1.165) is 0 Å². The van der Waals surface area contributed by atoms with Crippen LogP contribution in [0, 0.1) is 0 Å². The van der Waals surface area contributed by atoms with Gasteiger partial charge in [-0.3, -0.25) is 0 Å². The number of nitrogen functional groups attached to an aromatic ring is 1. The van der Waals surface area contributed by atoms with Gasteiger partial charge in [-0.05, 0) is 17.7 Å². The first-order valence-corrected chi connectivity index (χ1v) is 7.72. The van der Waals surface area contributed by atoms with Gasteiger partial charge in [0.1, 0.15) is 0 Å². The number of benzene rings is 1. The Morgan fingerprint density at radius 2 is 1.80 bits per heavy atom. The SMILES string of the molecule is CN(C)C(=O)NCCNS(=O)(=O)Cc1ccc(N)cc1. The number of nitrogens with one attached hydrogen (secondary N) is 2. The Labute approximate surface area is 119 Å². The quantitative estimate of drug-likeness (QED) is 0.506. The van der Waals surface area contributed by atoms with Gasteiger partial charge in [0.2, 0.25) is 10.0 Å². The van der Waals surface area contributed by atoms with Gasteiger partial charge in [-0.2, -0.15) is 0 Å². The summed E-state index contributed by atoms with van der Waals surface area (Å²) in [5.41, 5.74) is 6.78. The number of carbonyl (C=O) groups excluding carboxylic acids is 1. The normalized spacial score (nSPS) is 11.1. The van der Waals surface area contributed by atoms with Gasteiger partial charge >= 0.3 is 6.03 Å². The van der Waals surface area contributed by atoms with Gasteiger partial charge in [0.25, 0.3) is 0 Å². The van der Waals surface area contributed by atoms with Crippen molar-refractivity contribution in [3.05, 3.63) is 29.8 Å². The summed E-state index contributed by atoms with van der Waals surface area (Å²) in [6.07, 6.45) is 0. The number of amides is 2. The maximum Gasteiger partial charge on any atom is 0.316 e. The Morgan fingerprint density at radius 1 is 1.20 bits per heavy atom. The molecule has 0 aliphatic carbocycles. The molecule has 0 saturated carbocycles. The monoisotopic (exact) mass is 300 g/mol. The molecule has 2 amide bonds. The van der Waals surface area contributed by atoms with Crippen molar-refractivity contribution in [2.24, 2.45) is 0 Å². The van der Waals surface area contributed by atoms with Gasteiger partial charge in [-0.1, -0.05) is 12.1 Å². The van der Waals surface area contributed by atoms with E-state index < -0.39 is 10.0 Å². The minimum absolute atomic E-state index is 0.116. The molecule has 0 radical (unpaired) electrons. The van der Waals surface area contributed by atoms with E-state index in [9.17, 15) is 13.2 Å². The third-order valence-electron chi connectivity index (χ3n) is 2.47. The number of carbonyl (C=O) groups is 1. The Bertz CT molecular complexity index is 540. The average molecular weight is 300 g/mol. The summed E-state index contributed by atoms with van der Waals surface area (Å²) < 4.78 is 26.0. The molecule has 4 N–H and O–H groups in total. The second-order valence-corrected chi connectivity index (χ2v) is 6.33. The molecule has 0 atom stereocenters. The summed E-state index contributed by atoms with van der Waals surface area (Å²) in [7, 11) is -0.198. The van der Waals surface area contributed by atoms with Crippen LogP contribution >= 0.6 is 0 Å². The van der Waals surface area contributed by atoms with Crippen LogP contribution < -0.4 is 15.8 Å². The molecule has 112 valence electrons. The van der Waals surface area contributed by atoms with Gasteiger partial charge in [0.05, 0.1) is 5.75 Å². The first-order chi connectivity index (χ1) is 9.30. The lowest BCUT2D eigenvalue weighted by Crippen LogP contribution is -2.39. The van der Waals surface area contributed by atoms with E-state index in [0.29, 0.717) is 11.3 Å². The molecule has 0 aliphatic rings. The van der Waals surface area contributed by atoms with Gasteiger partial charge < -0.3 is 16.0 Å². The van der Waals surface area contributed by atoms with Crippen molar-refractivity contribution in [1.82, 2.24) is 14.9 Å². The highest BCUT2D eigenvalue weighted by molar-refractivity contribution is 7.88. The summed E-state index contributed by atoms with van der Waals surface area (Å²) in [6.45, 7) is 0.384. The molecule has 0 aliphatic heterocycles. The minimum Gasteiger partial charge on any atom is -0.399 e. The molecular weight excluding hydrogens is 280 g/mol. The standard InChI is InChI=1S/C12H20N4O3S/c1-16(2)12(17)14-7-8-15-20(18,19)9-10-3-5-11(13)6-4-10/h3-6,15H,7-9,13H2,1-2H3,(H,14,17). The van der Waals surface area contributed by atoms with Crippen LogP contribution in [0.3, 0.4) is 0 Å². The molecule has 8 heteroatoms. The molecule has 1 aromatic rings. The van der Waals surface area contributed by atoms with Crippen molar-refractivity contribution in [2.45, 2.75) is 5.75 Å². The smallest absolute Gasteiger partial charge is 0.316 e. The van der Waals surface area contributed by atoms with Crippen LogP contribution in [0.4, 0.5) is 10.5 Å². The summed E-state index contributed by atoms with van der Waals surface area (Å²) in [5, 5.41) is 2.57. The van der Waals surface area contributed by atoms with Gasteiger partial charge in [-0.15, -0.1) is 0 Å². The number of rotatable bonds is 6. The fraction of sp³-hybridized carbons (Fsp3) is 0.417. The highest BCUT2D eigenvalue weighted by atomic mass is 32.2. The zero-order valence-corrected chi connectivity index (χ0v) is 12.4. The average Bonchev–Trinajstić information content (AvgIpc) is 2.37. The van der Waals surface area contributed by atoms with Crippen molar-refractivity contribution in [2.75, 3.05) is 32.9 Å². The summed E-state index contributed by atoms with van der Waals surface area (Å²) in [6, 6.07) is 6.39. The van der Waals surface area contributed by atoms with Crippen LogP contribution in [-0.4, -0.2) is 46.5 Å². The van der Waals surface area contributed by atoms with E-state index >= 15 is 0 Å². The number of anilines is 1. The molecule has 1 rings (SSSR count). The van der Waals surface area contributed by atoms with E-state index in [1.807, 2.05) is 0 Å². The van der Waals surface area contributed by atoms with Crippen LogP contribution in [0.5, 0.6) is 0 Å². The molecule has 20 heavy (non-hydrogen) atoms. The fourth-order valence-corrected chi connectivity index (χ4v) is 2.56. The van der Waals surface area contributed by atoms with Gasteiger partial charge in [-0.25, -0.2) is 17.9 Å². The highest BCUT2D eigenvalue weighted by Crippen LogP contribution is 2.08. The van der Waals surface area contributed by atoms with Crippen molar-refractivity contribution in [1.29, 1.82) is 0 Å². The van der Waals surface area contributed by atoms with Gasteiger partial charge in [0, 0.05) is 32.9 Å². The predicted molar refractivity (Wildman–Crippen MR) is 78.6 cm³/mol. The largest absolute Gasteiger partial charge is 0.399 e. The predicted octanol–water partition coefficient (Wildman–Crippen LogP) is -0.0406. The lowest BCUT2D eigenvalue weighted by atomic mass is 10.2. The van der Waals surface area contributed by atoms with Crippen molar-refractivity contribution >= 4 is 21.7 Å².